The van der Waals surface area contributed by atoms with Crippen molar-refractivity contribution in [1.29, 1.82) is 0 Å². The number of alkyl halides is 3. The Bertz CT molecular complexity index is 1030. The van der Waals surface area contributed by atoms with Crippen molar-refractivity contribution in [3.05, 3.63) is 35.2 Å². The van der Waals surface area contributed by atoms with Gasteiger partial charge in [-0.25, -0.2) is 9.97 Å². The van der Waals surface area contributed by atoms with Gasteiger partial charge in [-0.3, -0.25) is 9.58 Å². The molecule has 5 rings (SSSR count). The lowest BCUT2D eigenvalue weighted by atomic mass is 10.1. The van der Waals surface area contributed by atoms with E-state index in [1.807, 2.05) is 24.1 Å². The summed E-state index contributed by atoms with van der Waals surface area (Å²) in [4.78, 5) is 14.3. The van der Waals surface area contributed by atoms with E-state index in [4.69, 9.17) is 0 Å². The summed E-state index contributed by atoms with van der Waals surface area (Å²) in [6, 6.07) is 2.04. The Kier molecular flexibility index (Phi) is 4.50. The molecule has 3 aromatic heterocycles. The van der Waals surface area contributed by atoms with Gasteiger partial charge in [0.25, 0.3) is 0 Å². The molecule has 0 N–H and O–H groups in total. The van der Waals surface area contributed by atoms with Crippen LogP contribution in [0.5, 0.6) is 0 Å². The molecule has 29 heavy (non-hydrogen) atoms. The first-order valence-electron chi connectivity index (χ1n) is 9.62. The maximum Gasteiger partial charge on any atom is 0.393 e. The summed E-state index contributed by atoms with van der Waals surface area (Å²) >= 11 is 1.11. The number of hydrogen-bond acceptors (Lipinski definition) is 6. The smallest absolute Gasteiger partial charge is 0.354 e. The predicted molar refractivity (Wildman–Crippen MR) is 105 cm³/mol. The van der Waals surface area contributed by atoms with E-state index in [0.29, 0.717) is 16.8 Å². The molecule has 5 heterocycles. The molecule has 0 bridgehead atoms. The fourth-order valence-corrected chi connectivity index (χ4v) is 5.66. The number of rotatable bonds is 4. The molecule has 0 spiro atoms. The second-order valence-corrected chi connectivity index (χ2v) is 9.05. The Labute approximate surface area is 170 Å². The van der Waals surface area contributed by atoms with Gasteiger partial charge in [0, 0.05) is 49.4 Å². The number of anilines is 1. The van der Waals surface area contributed by atoms with Gasteiger partial charge in [0.2, 0.25) is 0 Å². The molecule has 2 aliphatic rings. The number of hydrogen-bond donors (Lipinski definition) is 0. The highest BCUT2D eigenvalue weighted by atomic mass is 32.1. The maximum atomic E-state index is 12.8. The van der Waals surface area contributed by atoms with Gasteiger partial charge in [-0.2, -0.15) is 18.3 Å². The van der Waals surface area contributed by atoms with Crippen LogP contribution in [0.3, 0.4) is 0 Å². The number of aromatic nitrogens is 4. The lowest BCUT2D eigenvalue weighted by molar-refractivity contribution is -0.126. The first kappa shape index (κ1) is 18.8. The van der Waals surface area contributed by atoms with Gasteiger partial charge < -0.3 is 4.90 Å². The highest BCUT2D eigenvalue weighted by Gasteiger charge is 2.42. The van der Waals surface area contributed by atoms with E-state index in [-0.39, 0.29) is 4.88 Å². The largest absolute Gasteiger partial charge is 0.393 e. The molecule has 10 heteroatoms. The summed E-state index contributed by atoms with van der Waals surface area (Å²) in [5.41, 5.74) is 1.20. The quantitative estimate of drug-likeness (QED) is 0.646. The molecule has 154 valence electrons. The fraction of sp³-hybridized carbons (Fsp3) is 0.526. The van der Waals surface area contributed by atoms with Crippen LogP contribution in [0.25, 0.3) is 10.2 Å². The first-order chi connectivity index (χ1) is 13.9. The van der Waals surface area contributed by atoms with Crippen molar-refractivity contribution >= 4 is 27.4 Å². The van der Waals surface area contributed by atoms with Gasteiger partial charge in [0.15, 0.2) is 0 Å². The Morgan fingerprint density at radius 2 is 2.10 bits per heavy atom. The fourth-order valence-electron chi connectivity index (χ4n) is 4.64. The van der Waals surface area contributed by atoms with Crippen molar-refractivity contribution in [1.82, 2.24) is 24.6 Å². The Hall–Kier alpha value is -2.20. The molecule has 0 amide bonds. The summed E-state index contributed by atoms with van der Waals surface area (Å²) in [5, 5.41) is 4.98. The highest BCUT2D eigenvalue weighted by molar-refractivity contribution is 7.18. The second kappa shape index (κ2) is 6.94. The summed E-state index contributed by atoms with van der Waals surface area (Å²) in [5.74, 6) is 1.31. The average molecular weight is 422 g/mol. The third-order valence-electron chi connectivity index (χ3n) is 5.84. The van der Waals surface area contributed by atoms with Gasteiger partial charge in [-0.15, -0.1) is 11.3 Å². The Balaban J connectivity index is 1.36. The van der Waals surface area contributed by atoms with Crippen molar-refractivity contribution in [3.63, 3.8) is 0 Å². The Morgan fingerprint density at radius 3 is 2.86 bits per heavy atom. The second-order valence-electron chi connectivity index (χ2n) is 7.93. The van der Waals surface area contributed by atoms with E-state index < -0.39 is 12.6 Å². The molecule has 2 saturated heterocycles. The van der Waals surface area contributed by atoms with Gasteiger partial charge in [0.05, 0.1) is 18.0 Å². The van der Waals surface area contributed by atoms with Crippen LogP contribution in [-0.4, -0.2) is 56.5 Å². The number of fused-ring (bicyclic) bond motifs is 2. The van der Waals surface area contributed by atoms with E-state index in [1.54, 1.807) is 6.07 Å². The van der Waals surface area contributed by atoms with Crippen LogP contribution >= 0.6 is 11.3 Å². The van der Waals surface area contributed by atoms with Gasteiger partial charge in [-0.1, -0.05) is 0 Å². The molecule has 2 fully saturated rings. The summed E-state index contributed by atoms with van der Waals surface area (Å²) in [7, 11) is 1.92. The molecular formula is C19H21F3N6S. The molecule has 0 saturated carbocycles. The minimum absolute atomic E-state index is 0.284. The summed E-state index contributed by atoms with van der Waals surface area (Å²) < 4.78 is 40.2. The van der Waals surface area contributed by atoms with Crippen molar-refractivity contribution < 1.29 is 13.2 Å². The van der Waals surface area contributed by atoms with E-state index in [9.17, 15) is 13.2 Å². The maximum absolute atomic E-state index is 12.8. The third kappa shape index (κ3) is 3.71. The number of halogens is 3. The van der Waals surface area contributed by atoms with Gasteiger partial charge >= 0.3 is 6.18 Å². The highest BCUT2D eigenvalue weighted by Crippen LogP contribution is 2.38. The van der Waals surface area contributed by atoms with E-state index in [2.05, 4.69) is 24.9 Å². The lowest BCUT2D eigenvalue weighted by Gasteiger charge is -2.24. The minimum Gasteiger partial charge on any atom is -0.354 e. The van der Waals surface area contributed by atoms with Crippen molar-refractivity contribution in [2.24, 2.45) is 13.0 Å². The molecule has 6 nitrogen and oxygen atoms in total. The molecule has 0 aliphatic carbocycles. The standard InChI is InChI=1S/C19H21F3N6S/c1-26-7-12(6-25-26)8-27-3-2-13-9-28(10-16(13)27)17-15-4-14(5-19(20,21)22)29-18(15)24-11-23-17/h4,6-7,11,13,16H,2-3,5,8-10H2,1H3/t13-,16+/m0/s1. The zero-order valence-electron chi connectivity index (χ0n) is 15.9. The van der Waals surface area contributed by atoms with Crippen molar-refractivity contribution in [2.75, 3.05) is 24.5 Å². The third-order valence-corrected chi connectivity index (χ3v) is 6.88. The monoisotopic (exact) mass is 422 g/mol. The van der Waals surface area contributed by atoms with Crippen LogP contribution < -0.4 is 4.90 Å². The number of thiophene rings is 1. The Morgan fingerprint density at radius 1 is 1.24 bits per heavy atom. The number of likely N-dealkylation sites (tertiary alicyclic amines) is 1. The van der Waals surface area contributed by atoms with Crippen LogP contribution in [0.4, 0.5) is 19.0 Å². The first-order valence-corrected chi connectivity index (χ1v) is 10.4. The topological polar surface area (TPSA) is 50.1 Å². The van der Waals surface area contributed by atoms with Crippen molar-refractivity contribution in [3.8, 4) is 0 Å². The van der Waals surface area contributed by atoms with Crippen LogP contribution in [0.2, 0.25) is 0 Å². The summed E-state index contributed by atoms with van der Waals surface area (Å²) in [6.45, 7) is 3.65. The lowest BCUT2D eigenvalue weighted by Crippen LogP contribution is -2.34. The predicted octanol–water partition coefficient (Wildman–Crippen LogP) is 3.24. The number of aryl methyl sites for hydroxylation is 1. The molecule has 2 aliphatic heterocycles. The van der Waals surface area contributed by atoms with Crippen LogP contribution in [-0.2, 0) is 20.0 Å². The van der Waals surface area contributed by atoms with E-state index in [1.165, 1.54) is 11.9 Å². The molecule has 0 aromatic carbocycles. The van der Waals surface area contributed by atoms with Crippen LogP contribution in [0.15, 0.2) is 24.8 Å². The van der Waals surface area contributed by atoms with Crippen molar-refractivity contribution in [2.45, 2.75) is 31.6 Å². The molecule has 3 aromatic rings. The van der Waals surface area contributed by atoms with Gasteiger partial charge in [0.1, 0.15) is 17.0 Å². The van der Waals surface area contributed by atoms with Crippen LogP contribution in [0.1, 0.15) is 16.9 Å². The SMILES string of the molecule is Cn1cc(CN2CC[C@H]3CN(c4ncnc5sc(CC(F)(F)F)cc45)C[C@H]32)cn1. The molecule has 0 unspecified atom stereocenters. The molecular weight excluding hydrogens is 401 g/mol. The molecule has 0 radical (unpaired) electrons. The minimum atomic E-state index is -4.22. The zero-order valence-corrected chi connectivity index (χ0v) is 16.7. The normalized spacial score (nSPS) is 22.7. The van der Waals surface area contributed by atoms with E-state index in [0.717, 1.165) is 55.1 Å². The summed E-state index contributed by atoms with van der Waals surface area (Å²) in [6.07, 6.45) is 1.40. The number of nitrogens with zero attached hydrogens (tertiary/aromatic N) is 6. The average Bonchev–Trinajstić information content (AvgIpc) is 3.38. The zero-order chi connectivity index (χ0) is 20.2. The molecule has 2 atom stereocenters. The van der Waals surface area contributed by atoms with Crippen LogP contribution in [0, 0.1) is 5.92 Å². The van der Waals surface area contributed by atoms with E-state index >= 15 is 0 Å². The van der Waals surface area contributed by atoms with Gasteiger partial charge in [-0.05, 0) is 24.9 Å².